The second-order valence-electron chi connectivity index (χ2n) is 5.42. The van der Waals surface area contributed by atoms with Crippen LogP contribution in [0.15, 0.2) is 12.1 Å². The van der Waals surface area contributed by atoms with Gasteiger partial charge in [-0.05, 0) is 31.9 Å². The Balaban J connectivity index is 2.38. The number of non-ortho nitro benzene ring substituents is 1. The van der Waals surface area contributed by atoms with Crippen molar-refractivity contribution in [2.75, 3.05) is 25.0 Å². The molecule has 1 atom stereocenters. The second-order valence-corrected chi connectivity index (χ2v) is 5.42. The summed E-state index contributed by atoms with van der Waals surface area (Å²) >= 11 is 0. The molecule has 1 heterocycles. The summed E-state index contributed by atoms with van der Waals surface area (Å²) in [4.78, 5) is 26.2. The molecule has 6 nitrogen and oxygen atoms in total. The molecule has 1 aliphatic rings. The fourth-order valence-electron chi connectivity index (χ4n) is 2.73. The predicted molar refractivity (Wildman–Crippen MR) is 77.0 cm³/mol. The van der Waals surface area contributed by atoms with E-state index in [0.717, 1.165) is 23.4 Å². The van der Waals surface area contributed by atoms with Crippen LogP contribution < -0.4 is 4.90 Å². The maximum atomic E-state index is 12.0. The molecule has 20 heavy (non-hydrogen) atoms. The number of anilines is 1. The zero-order chi connectivity index (χ0) is 15.0. The minimum absolute atomic E-state index is 0.0703. The van der Waals surface area contributed by atoms with Crippen molar-refractivity contribution in [3.8, 4) is 0 Å². The molecule has 2 rings (SSSR count). The number of piperazine rings is 1. The van der Waals surface area contributed by atoms with Gasteiger partial charge in [-0.3, -0.25) is 14.9 Å². The Labute approximate surface area is 118 Å². The number of carbonyl (C=O) groups excluding carboxylic acids is 1. The van der Waals surface area contributed by atoms with E-state index in [1.165, 1.54) is 0 Å². The molecule has 0 saturated carbocycles. The van der Waals surface area contributed by atoms with Gasteiger partial charge in [0.25, 0.3) is 5.69 Å². The molecular formula is C14H19N3O3. The lowest BCUT2D eigenvalue weighted by Gasteiger charge is -2.39. The first kappa shape index (κ1) is 14.3. The molecule has 1 saturated heterocycles. The molecule has 0 aliphatic carbocycles. The molecule has 0 bridgehead atoms. The van der Waals surface area contributed by atoms with Crippen LogP contribution in [0.1, 0.15) is 18.1 Å². The molecule has 1 unspecified atom stereocenters. The first-order chi connectivity index (χ1) is 9.31. The Hall–Kier alpha value is -2.11. The first-order valence-corrected chi connectivity index (χ1v) is 6.57. The number of benzene rings is 1. The molecule has 0 N–H and O–H groups in total. The number of nitro benzene ring substituents is 1. The molecule has 0 radical (unpaired) electrons. The normalized spacial score (nSPS) is 19.4. The smallest absolute Gasteiger partial charge is 0.270 e. The van der Waals surface area contributed by atoms with Gasteiger partial charge in [-0.1, -0.05) is 0 Å². The van der Waals surface area contributed by atoms with Crippen molar-refractivity contribution in [2.24, 2.45) is 0 Å². The van der Waals surface area contributed by atoms with Crippen molar-refractivity contribution in [3.63, 3.8) is 0 Å². The maximum absolute atomic E-state index is 12.0. The van der Waals surface area contributed by atoms with Crippen LogP contribution in [0.2, 0.25) is 0 Å². The van der Waals surface area contributed by atoms with E-state index in [1.54, 1.807) is 24.1 Å². The monoisotopic (exact) mass is 277 g/mol. The summed E-state index contributed by atoms with van der Waals surface area (Å²) in [7, 11) is 1.81. The van der Waals surface area contributed by atoms with Crippen LogP contribution in [0.4, 0.5) is 11.4 Å². The van der Waals surface area contributed by atoms with Gasteiger partial charge in [0.1, 0.15) is 0 Å². The fourth-order valence-corrected chi connectivity index (χ4v) is 2.73. The average Bonchev–Trinajstić information content (AvgIpc) is 2.34. The minimum atomic E-state index is -0.387. The number of nitro groups is 1. The number of amides is 1. The summed E-state index contributed by atoms with van der Waals surface area (Å²) in [5.41, 5.74) is 2.70. The predicted octanol–water partition coefficient (Wildman–Crippen LogP) is 1.88. The topological polar surface area (TPSA) is 66.7 Å². The van der Waals surface area contributed by atoms with E-state index in [4.69, 9.17) is 0 Å². The molecule has 1 aromatic carbocycles. The quantitative estimate of drug-likeness (QED) is 0.611. The SMILES string of the molecule is Cc1cc([N+](=O)[O-])cc(C)c1N1CC(=O)N(C)C(C)C1. The van der Waals surface area contributed by atoms with E-state index in [-0.39, 0.29) is 22.6 Å². The summed E-state index contributed by atoms with van der Waals surface area (Å²) in [6, 6.07) is 3.26. The largest absolute Gasteiger partial charge is 0.360 e. The molecule has 0 aromatic heterocycles. The molecular weight excluding hydrogens is 258 g/mol. The van der Waals surface area contributed by atoms with Crippen LogP contribution in [0, 0.1) is 24.0 Å². The van der Waals surface area contributed by atoms with Gasteiger partial charge in [-0.25, -0.2) is 0 Å². The zero-order valence-electron chi connectivity index (χ0n) is 12.2. The van der Waals surface area contributed by atoms with Crippen LogP contribution >= 0.6 is 0 Å². The van der Waals surface area contributed by atoms with E-state index in [9.17, 15) is 14.9 Å². The van der Waals surface area contributed by atoms with Gasteiger partial charge in [0.15, 0.2) is 0 Å². The highest BCUT2D eigenvalue weighted by Crippen LogP contribution is 2.30. The van der Waals surface area contributed by atoms with Gasteiger partial charge in [-0.2, -0.15) is 0 Å². The van der Waals surface area contributed by atoms with Crippen molar-refractivity contribution < 1.29 is 9.72 Å². The summed E-state index contributed by atoms with van der Waals surface area (Å²) in [6.07, 6.45) is 0. The molecule has 1 fully saturated rings. The zero-order valence-corrected chi connectivity index (χ0v) is 12.2. The van der Waals surface area contributed by atoms with E-state index in [1.807, 2.05) is 25.7 Å². The average molecular weight is 277 g/mol. The number of hydrogen-bond acceptors (Lipinski definition) is 4. The highest BCUT2D eigenvalue weighted by Gasteiger charge is 2.29. The first-order valence-electron chi connectivity index (χ1n) is 6.57. The number of likely N-dealkylation sites (N-methyl/N-ethyl adjacent to an activating group) is 1. The van der Waals surface area contributed by atoms with Crippen LogP contribution in [0.25, 0.3) is 0 Å². The van der Waals surface area contributed by atoms with Gasteiger partial charge in [0.05, 0.1) is 11.5 Å². The number of rotatable bonds is 2. The van der Waals surface area contributed by atoms with Gasteiger partial charge < -0.3 is 9.80 Å². The van der Waals surface area contributed by atoms with Crippen LogP contribution in [-0.2, 0) is 4.79 Å². The van der Waals surface area contributed by atoms with E-state index >= 15 is 0 Å². The van der Waals surface area contributed by atoms with Gasteiger partial charge >= 0.3 is 0 Å². The summed E-state index contributed by atoms with van der Waals surface area (Å²) < 4.78 is 0. The third kappa shape index (κ3) is 2.45. The molecule has 1 aliphatic heterocycles. The fraction of sp³-hybridized carbons (Fsp3) is 0.500. The second kappa shape index (κ2) is 5.11. The number of aryl methyl sites for hydroxylation is 2. The molecule has 108 valence electrons. The van der Waals surface area contributed by atoms with Crippen LogP contribution in [-0.4, -0.2) is 41.9 Å². The summed E-state index contributed by atoms with van der Waals surface area (Å²) in [5.74, 6) is 0.0703. The van der Waals surface area contributed by atoms with E-state index in [0.29, 0.717) is 6.54 Å². The lowest BCUT2D eigenvalue weighted by atomic mass is 10.0. The highest BCUT2D eigenvalue weighted by atomic mass is 16.6. The molecule has 6 heteroatoms. The van der Waals surface area contributed by atoms with Gasteiger partial charge in [0.2, 0.25) is 5.91 Å². The van der Waals surface area contributed by atoms with Crippen molar-refractivity contribution in [1.29, 1.82) is 0 Å². The summed E-state index contributed by atoms with van der Waals surface area (Å²) in [6.45, 7) is 6.76. The Morgan fingerprint density at radius 3 is 2.30 bits per heavy atom. The van der Waals surface area contributed by atoms with E-state index in [2.05, 4.69) is 0 Å². The van der Waals surface area contributed by atoms with Gasteiger partial charge in [0, 0.05) is 37.5 Å². The lowest BCUT2D eigenvalue weighted by molar-refractivity contribution is -0.384. The Kier molecular flexibility index (Phi) is 3.65. The van der Waals surface area contributed by atoms with Crippen molar-refractivity contribution in [3.05, 3.63) is 33.4 Å². The Morgan fingerprint density at radius 2 is 1.85 bits per heavy atom. The Morgan fingerprint density at radius 1 is 1.30 bits per heavy atom. The summed E-state index contributed by atoms with van der Waals surface area (Å²) in [5, 5.41) is 10.9. The van der Waals surface area contributed by atoms with Crippen LogP contribution in [0.5, 0.6) is 0 Å². The molecule has 1 amide bonds. The van der Waals surface area contributed by atoms with Gasteiger partial charge in [-0.15, -0.1) is 0 Å². The third-order valence-corrected chi connectivity index (χ3v) is 3.87. The van der Waals surface area contributed by atoms with Crippen LogP contribution in [0.3, 0.4) is 0 Å². The number of carbonyl (C=O) groups is 1. The van der Waals surface area contributed by atoms with Crippen molar-refractivity contribution in [1.82, 2.24) is 4.90 Å². The lowest BCUT2D eigenvalue weighted by Crippen LogP contribution is -2.54. The molecule has 0 spiro atoms. The van der Waals surface area contributed by atoms with Crippen molar-refractivity contribution >= 4 is 17.3 Å². The standard InChI is InChI=1S/C14H19N3O3/c1-9-5-12(17(19)20)6-10(2)14(9)16-7-11(3)15(4)13(18)8-16/h5-6,11H,7-8H2,1-4H3. The minimum Gasteiger partial charge on any atom is -0.360 e. The maximum Gasteiger partial charge on any atom is 0.270 e. The third-order valence-electron chi connectivity index (χ3n) is 3.87. The number of hydrogen-bond donors (Lipinski definition) is 0. The highest BCUT2D eigenvalue weighted by molar-refractivity contribution is 5.84. The number of nitrogens with zero attached hydrogens (tertiary/aromatic N) is 3. The van der Waals surface area contributed by atoms with E-state index < -0.39 is 0 Å². The Bertz CT molecular complexity index is 548. The molecule has 1 aromatic rings. The van der Waals surface area contributed by atoms with Crippen molar-refractivity contribution in [2.45, 2.75) is 26.8 Å².